The fourth-order valence-corrected chi connectivity index (χ4v) is 1.85. The molecule has 0 atom stereocenters. The fraction of sp³-hybridized carbons (Fsp3) is 0. The molecule has 0 saturated carbocycles. The average Bonchev–Trinajstić information content (AvgIpc) is 2.82. The third kappa shape index (κ3) is 1.62. The van der Waals surface area contributed by atoms with Gasteiger partial charge in [-0.15, -0.1) is 0 Å². The molecule has 5 heteroatoms. The van der Waals surface area contributed by atoms with Gasteiger partial charge >= 0.3 is 5.97 Å². The summed E-state index contributed by atoms with van der Waals surface area (Å²) in [6.07, 6.45) is 1.68. The van der Waals surface area contributed by atoms with Crippen LogP contribution in [0.1, 0.15) is 10.4 Å². The molecule has 0 saturated heterocycles. The number of hydrogen-bond donors (Lipinski definition) is 2. The van der Waals surface area contributed by atoms with Crippen molar-refractivity contribution in [2.75, 3.05) is 0 Å². The van der Waals surface area contributed by atoms with Crippen molar-refractivity contribution in [3.8, 4) is 11.4 Å². The first kappa shape index (κ1) is 10.5. The van der Waals surface area contributed by atoms with Gasteiger partial charge in [-0.05, 0) is 30.3 Å². The zero-order chi connectivity index (χ0) is 12.5. The molecule has 3 aromatic rings. The van der Waals surface area contributed by atoms with Crippen LogP contribution in [0.5, 0.6) is 0 Å². The van der Waals surface area contributed by atoms with Gasteiger partial charge in [-0.1, -0.05) is 6.07 Å². The molecular formula is C13H9N3O2. The average molecular weight is 239 g/mol. The second-order valence-corrected chi connectivity index (χ2v) is 3.85. The number of pyridine rings is 1. The first-order chi connectivity index (χ1) is 8.75. The second kappa shape index (κ2) is 3.96. The third-order valence-corrected chi connectivity index (χ3v) is 2.72. The lowest BCUT2D eigenvalue weighted by Crippen LogP contribution is -1.95. The highest BCUT2D eigenvalue weighted by atomic mass is 16.4. The predicted molar refractivity (Wildman–Crippen MR) is 66.3 cm³/mol. The van der Waals surface area contributed by atoms with Gasteiger partial charge < -0.3 is 5.11 Å². The van der Waals surface area contributed by atoms with Crippen LogP contribution in [0.25, 0.3) is 22.3 Å². The van der Waals surface area contributed by atoms with E-state index >= 15 is 0 Å². The summed E-state index contributed by atoms with van der Waals surface area (Å²) in [5, 5.41) is 16.8. The van der Waals surface area contributed by atoms with Crippen molar-refractivity contribution >= 4 is 16.9 Å². The minimum atomic E-state index is -0.954. The summed E-state index contributed by atoms with van der Waals surface area (Å²) < 4.78 is 0. The number of carbonyl (C=O) groups is 1. The third-order valence-electron chi connectivity index (χ3n) is 2.72. The number of carboxylic acids is 1. The topological polar surface area (TPSA) is 78.9 Å². The number of nitrogens with one attached hydrogen (secondary N) is 1. The molecule has 0 fully saturated rings. The van der Waals surface area contributed by atoms with E-state index in [1.54, 1.807) is 24.4 Å². The van der Waals surface area contributed by atoms with Gasteiger partial charge in [0, 0.05) is 11.6 Å². The standard InChI is InChI=1S/C13H9N3O2/c17-13(18)8-4-5-10-9(7-8)12(16-15-10)11-3-1-2-6-14-11/h1-7H,(H,15,16)(H,17,18). The van der Waals surface area contributed by atoms with Crippen LogP contribution in [0.4, 0.5) is 0 Å². The minimum Gasteiger partial charge on any atom is -0.478 e. The highest BCUT2D eigenvalue weighted by Gasteiger charge is 2.11. The van der Waals surface area contributed by atoms with Gasteiger partial charge in [0.1, 0.15) is 5.69 Å². The molecule has 0 unspecified atom stereocenters. The van der Waals surface area contributed by atoms with Crippen molar-refractivity contribution in [1.29, 1.82) is 0 Å². The van der Waals surface area contributed by atoms with Gasteiger partial charge in [0.2, 0.25) is 0 Å². The summed E-state index contributed by atoms with van der Waals surface area (Å²) in [5.41, 5.74) is 2.40. The van der Waals surface area contributed by atoms with Gasteiger partial charge in [-0.3, -0.25) is 10.1 Å². The van der Waals surface area contributed by atoms with E-state index in [1.807, 2.05) is 18.2 Å². The summed E-state index contributed by atoms with van der Waals surface area (Å²) in [5.74, 6) is -0.954. The van der Waals surface area contributed by atoms with Crippen LogP contribution < -0.4 is 0 Å². The number of fused-ring (bicyclic) bond motifs is 1. The molecule has 0 aliphatic rings. The second-order valence-electron chi connectivity index (χ2n) is 3.85. The van der Waals surface area contributed by atoms with E-state index in [-0.39, 0.29) is 5.56 Å². The molecule has 5 nitrogen and oxygen atoms in total. The SMILES string of the molecule is O=C(O)c1ccc2[nH]nc(-c3ccccn3)c2c1. The van der Waals surface area contributed by atoms with E-state index < -0.39 is 5.97 Å². The van der Waals surface area contributed by atoms with Crippen LogP contribution in [-0.4, -0.2) is 26.3 Å². The predicted octanol–water partition coefficient (Wildman–Crippen LogP) is 2.32. The maximum absolute atomic E-state index is 11.0. The lowest BCUT2D eigenvalue weighted by Gasteiger charge is -1.97. The Balaban J connectivity index is 2.24. The fourth-order valence-electron chi connectivity index (χ4n) is 1.85. The lowest BCUT2D eigenvalue weighted by molar-refractivity contribution is 0.0697. The Bertz CT molecular complexity index is 719. The molecule has 3 rings (SSSR count). The van der Waals surface area contributed by atoms with Gasteiger partial charge in [-0.25, -0.2) is 4.79 Å². The van der Waals surface area contributed by atoms with E-state index in [4.69, 9.17) is 5.11 Å². The minimum absolute atomic E-state index is 0.237. The van der Waals surface area contributed by atoms with Crippen molar-refractivity contribution in [2.45, 2.75) is 0 Å². The number of rotatable bonds is 2. The maximum atomic E-state index is 11.0. The molecule has 0 spiro atoms. The quantitative estimate of drug-likeness (QED) is 0.719. The summed E-state index contributed by atoms with van der Waals surface area (Å²) >= 11 is 0. The van der Waals surface area contributed by atoms with E-state index in [9.17, 15) is 4.79 Å². The van der Waals surface area contributed by atoms with Crippen LogP contribution in [-0.2, 0) is 0 Å². The molecule has 2 heterocycles. The number of hydrogen-bond acceptors (Lipinski definition) is 3. The number of benzene rings is 1. The normalized spacial score (nSPS) is 10.7. The molecule has 2 N–H and O–H groups in total. The number of nitrogens with zero attached hydrogens (tertiary/aromatic N) is 2. The van der Waals surface area contributed by atoms with Crippen LogP contribution in [0, 0.1) is 0 Å². The van der Waals surface area contributed by atoms with Crippen LogP contribution in [0.3, 0.4) is 0 Å². The zero-order valence-electron chi connectivity index (χ0n) is 9.29. The molecule has 2 aromatic heterocycles. The molecule has 1 aromatic carbocycles. The molecule has 0 aliphatic heterocycles. The first-order valence-corrected chi connectivity index (χ1v) is 5.38. The Hall–Kier alpha value is -2.69. The molecule has 88 valence electrons. The van der Waals surface area contributed by atoms with Crippen molar-refractivity contribution < 1.29 is 9.90 Å². The zero-order valence-corrected chi connectivity index (χ0v) is 9.29. The largest absolute Gasteiger partial charge is 0.478 e. The highest BCUT2D eigenvalue weighted by Crippen LogP contribution is 2.25. The summed E-state index contributed by atoms with van der Waals surface area (Å²) in [6, 6.07) is 10.4. The monoisotopic (exact) mass is 239 g/mol. The Morgan fingerprint density at radius 1 is 1.22 bits per heavy atom. The van der Waals surface area contributed by atoms with Gasteiger partial charge in [0.25, 0.3) is 0 Å². The number of carboxylic acid groups (broad SMARTS) is 1. The van der Waals surface area contributed by atoms with E-state index in [1.165, 1.54) is 0 Å². The highest BCUT2D eigenvalue weighted by molar-refractivity contribution is 5.98. The van der Waals surface area contributed by atoms with Gasteiger partial charge in [-0.2, -0.15) is 5.10 Å². The van der Waals surface area contributed by atoms with Gasteiger partial charge in [0.15, 0.2) is 0 Å². The number of aromatic carboxylic acids is 1. The molecule has 0 aliphatic carbocycles. The summed E-state index contributed by atoms with van der Waals surface area (Å²) in [6.45, 7) is 0. The number of H-pyrrole nitrogens is 1. The Morgan fingerprint density at radius 3 is 2.83 bits per heavy atom. The Labute approximate surface area is 102 Å². The Morgan fingerprint density at radius 2 is 2.11 bits per heavy atom. The molecule has 0 amide bonds. The Kier molecular flexibility index (Phi) is 2.30. The smallest absolute Gasteiger partial charge is 0.335 e. The van der Waals surface area contributed by atoms with E-state index in [2.05, 4.69) is 15.2 Å². The number of aromatic nitrogens is 3. The summed E-state index contributed by atoms with van der Waals surface area (Å²) in [4.78, 5) is 15.2. The maximum Gasteiger partial charge on any atom is 0.335 e. The van der Waals surface area contributed by atoms with Crippen molar-refractivity contribution in [3.63, 3.8) is 0 Å². The van der Waals surface area contributed by atoms with Crippen LogP contribution in [0.2, 0.25) is 0 Å². The van der Waals surface area contributed by atoms with Crippen molar-refractivity contribution in [2.24, 2.45) is 0 Å². The van der Waals surface area contributed by atoms with E-state index in [0.717, 1.165) is 10.9 Å². The first-order valence-electron chi connectivity index (χ1n) is 5.38. The van der Waals surface area contributed by atoms with Crippen molar-refractivity contribution in [1.82, 2.24) is 15.2 Å². The molecule has 18 heavy (non-hydrogen) atoms. The number of aromatic amines is 1. The van der Waals surface area contributed by atoms with Crippen molar-refractivity contribution in [3.05, 3.63) is 48.2 Å². The molecular weight excluding hydrogens is 230 g/mol. The molecule has 0 bridgehead atoms. The van der Waals surface area contributed by atoms with Crippen LogP contribution in [0.15, 0.2) is 42.6 Å². The molecule has 0 radical (unpaired) electrons. The van der Waals surface area contributed by atoms with Crippen LogP contribution >= 0.6 is 0 Å². The van der Waals surface area contributed by atoms with E-state index in [0.29, 0.717) is 11.4 Å². The lowest BCUT2D eigenvalue weighted by atomic mass is 10.1. The van der Waals surface area contributed by atoms with Gasteiger partial charge in [0.05, 0.1) is 16.8 Å². The summed E-state index contributed by atoms with van der Waals surface area (Å²) in [7, 11) is 0.